The van der Waals surface area contributed by atoms with Gasteiger partial charge in [-0.3, -0.25) is 10.1 Å². The molecule has 0 radical (unpaired) electrons. The van der Waals surface area contributed by atoms with Gasteiger partial charge < -0.3 is 30.2 Å². The molecule has 41 heavy (non-hydrogen) atoms. The molecule has 0 heterocycles. The fourth-order valence-electron chi connectivity index (χ4n) is 4.02. The first kappa shape index (κ1) is 33.4. The maximum atomic E-state index is 13.0. The Bertz CT molecular complexity index is 1050. The lowest BCUT2D eigenvalue weighted by Crippen LogP contribution is -2.52. The number of imide groups is 1. The number of carbonyl (C=O) groups is 4. The standard InChI is InChI=1S/C31H44N4O6/c1-23(2)27(20-36)32-17-11-6-12-18-33-28(29(37)35-31(39)41-22-26-15-9-5-10-16-26)24(3)19-34-30(38)40-21-25-13-7-4-8-14-25/h4-5,7-10,13-16,20,23-24,27-28,32-33H,6,11-12,17-19,21-22H2,1-3H3,(H,34,38)(H,35,37,39)/t24?,27-,28+/m1/s1. The molecule has 10 heteroatoms. The fourth-order valence-corrected chi connectivity index (χ4v) is 4.02. The first-order valence-electron chi connectivity index (χ1n) is 14.2. The number of unbranched alkanes of at least 4 members (excludes halogenated alkanes) is 2. The molecule has 0 saturated heterocycles. The van der Waals surface area contributed by atoms with Crippen LogP contribution in [0.25, 0.3) is 0 Å². The maximum Gasteiger partial charge on any atom is 0.414 e. The molecule has 0 aromatic heterocycles. The van der Waals surface area contributed by atoms with Gasteiger partial charge in [0.2, 0.25) is 5.91 Å². The minimum atomic E-state index is -0.839. The summed E-state index contributed by atoms with van der Waals surface area (Å²) in [5.74, 6) is -0.664. The largest absolute Gasteiger partial charge is 0.445 e. The van der Waals surface area contributed by atoms with Gasteiger partial charge in [-0.2, -0.15) is 0 Å². The molecule has 0 saturated carbocycles. The zero-order valence-electron chi connectivity index (χ0n) is 24.3. The van der Waals surface area contributed by atoms with Crippen LogP contribution in [0.1, 0.15) is 51.2 Å². The van der Waals surface area contributed by atoms with E-state index in [-0.39, 0.29) is 37.6 Å². The number of hydrogen-bond acceptors (Lipinski definition) is 8. The van der Waals surface area contributed by atoms with Crippen LogP contribution in [-0.4, -0.2) is 56.1 Å². The Morgan fingerprint density at radius 1 is 0.756 bits per heavy atom. The molecule has 2 rings (SSSR count). The van der Waals surface area contributed by atoms with Crippen molar-refractivity contribution >= 4 is 24.4 Å². The molecule has 3 amide bonds. The second kappa shape index (κ2) is 19.3. The summed E-state index contributed by atoms with van der Waals surface area (Å²) >= 11 is 0. The molecule has 4 N–H and O–H groups in total. The topological polar surface area (TPSA) is 135 Å². The molecule has 0 aliphatic rings. The highest BCUT2D eigenvalue weighted by Gasteiger charge is 2.27. The summed E-state index contributed by atoms with van der Waals surface area (Å²) in [5.41, 5.74) is 1.67. The summed E-state index contributed by atoms with van der Waals surface area (Å²) in [6.45, 7) is 7.39. The third-order valence-corrected chi connectivity index (χ3v) is 6.53. The van der Waals surface area contributed by atoms with Crippen molar-refractivity contribution in [2.24, 2.45) is 11.8 Å². The summed E-state index contributed by atoms with van der Waals surface area (Å²) in [4.78, 5) is 48.7. The van der Waals surface area contributed by atoms with Gasteiger partial charge in [0.25, 0.3) is 0 Å². The summed E-state index contributed by atoms with van der Waals surface area (Å²) in [6, 6.07) is 17.6. The minimum absolute atomic E-state index is 0.0399. The molecular weight excluding hydrogens is 524 g/mol. The van der Waals surface area contributed by atoms with Crippen molar-refractivity contribution in [2.75, 3.05) is 19.6 Å². The average molecular weight is 569 g/mol. The first-order valence-corrected chi connectivity index (χ1v) is 14.2. The molecule has 224 valence electrons. The van der Waals surface area contributed by atoms with Gasteiger partial charge in [-0.15, -0.1) is 0 Å². The first-order chi connectivity index (χ1) is 19.8. The molecular formula is C31H44N4O6. The Morgan fingerprint density at radius 3 is 1.83 bits per heavy atom. The highest BCUT2D eigenvalue weighted by atomic mass is 16.6. The van der Waals surface area contributed by atoms with Crippen LogP contribution in [0.4, 0.5) is 9.59 Å². The third-order valence-electron chi connectivity index (χ3n) is 6.53. The fraction of sp³-hybridized carbons (Fsp3) is 0.484. The normalized spacial score (nSPS) is 13.1. The van der Waals surface area contributed by atoms with E-state index in [1.807, 2.05) is 74.5 Å². The van der Waals surface area contributed by atoms with Crippen LogP contribution in [-0.2, 0) is 32.3 Å². The van der Waals surface area contributed by atoms with Crippen LogP contribution in [0.15, 0.2) is 60.7 Å². The van der Waals surface area contributed by atoms with Gasteiger partial charge in [-0.05, 0) is 48.9 Å². The van der Waals surface area contributed by atoms with Crippen LogP contribution in [0, 0.1) is 11.8 Å². The van der Waals surface area contributed by atoms with Crippen LogP contribution >= 0.6 is 0 Å². The van der Waals surface area contributed by atoms with Gasteiger partial charge in [0.1, 0.15) is 19.5 Å². The molecule has 0 aliphatic heterocycles. The maximum absolute atomic E-state index is 13.0. The Kier molecular flexibility index (Phi) is 15.8. The highest BCUT2D eigenvalue weighted by molar-refractivity contribution is 5.95. The zero-order chi connectivity index (χ0) is 29.9. The zero-order valence-corrected chi connectivity index (χ0v) is 24.3. The summed E-state index contributed by atoms with van der Waals surface area (Å²) < 4.78 is 10.5. The predicted molar refractivity (Wildman–Crippen MR) is 157 cm³/mol. The number of ether oxygens (including phenoxy) is 2. The summed E-state index contributed by atoms with van der Waals surface area (Å²) in [5, 5.41) is 11.5. The van der Waals surface area contributed by atoms with Crippen molar-refractivity contribution in [3.05, 3.63) is 71.8 Å². The Balaban J connectivity index is 1.83. The number of benzene rings is 2. The molecule has 0 bridgehead atoms. The SMILES string of the molecule is CC(CNC(=O)OCc1ccccc1)[C@H](NCCCCCN[C@H](C=O)C(C)C)C(=O)NC(=O)OCc1ccccc1. The number of amides is 3. The van der Waals surface area contributed by atoms with Crippen LogP contribution in [0.2, 0.25) is 0 Å². The second-order valence-corrected chi connectivity index (χ2v) is 10.3. The minimum Gasteiger partial charge on any atom is -0.445 e. The smallest absolute Gasteiger partial charge is 0.414 e. The number of alkyl carbamates (subject to hydrolysis) is 2. The molecule has 10 nitrogen and oxygen atoms in total. The number of aldehydes is 1. The van der Waals surface area contributed by atoms with E-state index in [1.165, 1.54) is 0 Å². The monoisotopic (exact) mass is 568 g/mol. The van der Waals surface area contributed by atoms with E-state index in [2.05, 4.69) is 21.3 Å². The number of rotatable bonds is 18. The van der Waals surface area contributed by atoms with E-state index in [9.17, 15) is 19.2 Å². The van der Waals surface area contributed by atoms with E-state index in [0.717, 1.165) is 43.2 Å². The van der Waals surface area contributed by atoms with Crippen molar-refractivity contribution in [1.29, 1.82) is 0 Å². The molecule has 0 aliphatic carbocycles. The number of nitrogens with one attached hydrogen (secondary N) is 4. The molecule has 3 atom stereocenters. The highest BCUT2D eigenvalue weighted by Crippen LogP contribution is 2.07. The van der Waals surface area contributed by atoms with Gasteiger partial charge in [-0.1, -0.05) is 87.9 Å². The van der Waals surface area contributed by atoms with Gasteiger partial charge in [0, 0.05) is 6.54 Å². The predicted octanol–water partition coefficient (Wildman–Crippen LogP) is 3.94. The molecule has 0 spiro atoms. The van der Waals surface area contributed by atoms with E-state index in [4.69, 9.17) is 9.47 Å². The van der Waals surface area contributed by atoms with Gasteiger partial charge >= 0.3 is 12.2 Å². The van der Waals surface area contributed by atoms with E-state index in [0.29, 0.717) is 6.54 Å². The number of carbonyl (C=O) groups excluding carboxylic acids is 4. The second-order valence-electron chi connectivity index (χ2n) is 10.3. The summed E-state index contributed by atoms with van der Waals surface area (Å²) in [7, 11) is 0. The average Bonchev–Trinajstić information content (AvgIpc) is 2.97. The van der Waals surface area contributed by atoms with Crippen molar-refractivity contribution in [1.82, 2.24) is 21.3 Å². The number of hydrogen-bond donors (Lipinski definition) is 4. The van der Waals surface area contributed by atoms with Gasteiger partial charge in [0.15, 0.2) is 0 Å². The van der Waals surface area contributed by atoms with Crippen molar-refractivity contribution in [3.8, 4) is 0 Å². The van der Waals surface area contributed by atoms with Crippen LogP contribution < -0.4 is 21.3 Å². The van der Waals surface area contributed by atoms with E-state index >= 15 is 0 Å². The van der Waals surface area contributed by atoms with E-state index < -0.39 is 24.1 Å². The lowest BCUT2D eigenvalue weighted by atomic mass is 10.0. The van der Waals surface area contributed by atoms with E-state index in [1.54, 1.807) is 6.92 Å². The summed E-state index contributed by atoms with van der Waals surface area (Å²) in [6.07, 6.45) is 2.06. The van der Waals surface area contributed by atoms with Crippen LogP contribution in [0.5, 0.6) is 0 Å². The van der Waals surface area contributed by atoms with Crippen molar-refractivity contribution in [3.63, 3.8) is 0 Å². The lowest BCUT2D eigenvalue weighted by Gasteiger charge is -2.24. The Hall–Kier alpha value is -3.76. The third kappa shape index (κ3) is 13.9. The Morgan fingerprint density at radius 2 is 1.29 bits per heavy atom. The quantitative estimate of drug-likeness (QED) is 0.157. The lowest BCUT2D eigenvalue weighted by molar-refractivity contribution is -0.123. The van der Waals surface area contributed by atoms with Crippen LogP contribution in [0.3, 0.4) is 0 Å². The molecule has 2 aromatic carbocycles. The van der Waals surface area contributed by atoms with Gasteiger partial charge in [-0.25, -0.2) is 9.59 Å². The molecule has 2 aromatic rings. The Labute approximate surface area is 242 Å². The van der Waals surface area contributed by atoms with Crippen molar-refractivity contribution < 1.29 is 28.7 Å². The van der Waals surface area contributed by atoms with Crippen molar-refractivity contribution in [2.45, 2.75) is 65.3 Å². The molecule has 1 unspecified atom stereocenters. The molecule has 0 fully saturated rings. The van der Waals surface area contributed by atoms with Gasteiger partial charge in [0.05, 0.1) is 12.1 Å².